The molecule has 1 aliphatic heterocycles. The molecule has 1 aliphatic rings. The van der Waals surface area contributed by atoms with Gasteiger partial charge >= 0.3 is 0 Å². The van der Waals surface area contributed by atoms with Crippen LogP contribution in [0.5, 0.6) is 11.5 Å². The molecule has 2 aromatic carbocycles. The Kier molecular flexibility index (Phi) is 6.25. The zero-order chi connectivity index (χ0) is 26.6. The van der Waals surface area contributed by atoms with Crippen LogP contribution in [0.2, 0.25) is 0 Å². The van der Waals surface area contributed by atoms with Gasteiger partial charge in [-0.05, 0) is 51.0 Å². The Morgan fingerprint density at radius 2 is 1.81 bits per heavy atom. The monoisotopic (exact) mass is 535 g/mol. The van der Waals surface area contributed by atoms with E-state index in [9.17, 15) is 14.7 Å². The number of aryl methyl sites for hydroxylation is 4. The Balaban J connectivity index is 1.76. The predicted octanol–water partition coefficient (Wildman–Crippen LogP) is 5.79. The summed E-state index contributed by atoms with van der Waals surface area (Å²) < 4.78 is 12.1. The number of hydrogen-bond acceptors (Lipinski definition) is 9. The van der Waals surface area contributed by atoms with Crippen molar-refractivity contribution in [3.05, 3.63) is 73.9 Å². The van der Waals surface area contributed by atoms with E-state index in [0.29, 0.717) is 32.8 Å². The summed E-state index contributed by atoms with van der Waals surface area (Å²) in [5.74, 6) is -0.980. The van der Waals surface area contributed by atoms with Crippen molar-refractivity contribution < 1.29 is 24.2 Å². The maximum Gasteiger partial charge on any atom is 0.296 e. The van der Waals surface area contributed by atoms with E-state index in [-0.39, 0.29) is 5.57 Å². The summed E-state index contributed by atoms with van der Waals surface area (Å²) >= 11 is 2.56. The van der Waals surface area contributed by atoms with E-state index >= 15 is 0 Å². The first-order valence-electron chi connectivity index (χ1n) is 11.5. The fraction of sp³-hybridized carbons (Fsp3) is 0.259. The van der Waals surface area contributed by atoms with Gasteiger partial charge in [0, 0.05) is 5.56 Å². The van der Waals surface area contributed by atoms with Crippen LogP contribution in [0.25, 0.3) is 10.2 Å². The topological polar surface area (TPSA) is 102 Å². The quantitative estimate of drug-likeness (QED) is 0.312. The highest BCUT2D eigenvalue weighted by Crippen LogP contribution is 2.49. The van der Waals surface area contributed by atoms with Gasteiger partial charge in [0.2, 0.25) is 5.78 Å². The maximum absolute atomic E-state index is 13.9. The number of aliphatic hydroxyl groups is 1. The second-order valence-electron chi connectivity index (χ2n) is 8.82. The van der Waals surface area contributed by atoms with Gasteiger partial charge in [-0.2, -0.15) is 0 Å². The molecule has 0 saturated carbocycles. The van der Waals surface area contributed by atoms with Crippen LogP contribution in [0.3, 0.4) is 0 Å². The third-order valence-corrected chi connectivity index (χ3v) is 8.39. The van der Waals surface area contributed by atoms with E-state index in [4.69, 9.17) is 14.5 Å². The van der Waals surface area contributed by atoms with Gasteiger partial charge in [0.25, 0.3) is 5.91 Å². The molecular weight excluding hydrogens is 510 g/mol. The molecule has 1 amide bonds. The first-order valence-corrected chi connectivity index (χ1v) is 13.1. The van der Waals surface area contributed by atoms with Crippen molar-refractivity contribution in [2.75, 3.05) is 19.1 Å². The number of rotatable bonds is 6. The number of Topliss-reactive ketones (excluding diaryl/α,β-unsaturated/α-hetero) is 1. The largest absolute Gasteiger partial charge is 0.503 e. The first kappa shape index (κ1) is 24.9. The van der Waals surface area contributed by atoms with Gasteiger partial charge in [-0.1, -0.05) is 29.5 Å². The minimum absolute atomic E-state index is 0.0459. The van der Waals surface area contributed by atoms with Crippen LogP contribution in [0.4, 0.5) is 5.13 Å². The number of carbonyl (C=O) groups is 2. The van der Waals surface area contributed by atoms with Crippen molar-refractivity contribution in [3.63, 3.8) is 0 Å². The van der Waals surface area contributed by atoms with Crippen LogP contribution < -0.4 is 14.4 Å². The van der Waals surface area contributed by atoms with Gasteiger partial charge in [-0.3, -0.25) is 14.5 Å². The van der Waals surface area contributed by atoms with Gasteiger partial charge in [-0.25, -0.2) is 9.97 Å². The normalized spacial score (nSPS) is 15.7. The summed E-state index contributed by atoms with van der Waals surface area (Å²) in [5, 5.41) is 12.3. The average Bonchev–Trinajstić information content (AvgIpc) is 3.51. The summed E-state index contributed by atoms with van der Waals surface area (Å²) in [6.45, 7) is 7.51. The molecule has 190 valence electrons. The van der Waals surface area contributed by atoms with Gasteiger partial charge in [0.05, 0.1) is 45.6 Å². The van der Waals surface area contributed by atoms with Crippen molar-refractivity contribution in [2.45, 2.75) is 33.7 Å². The number of thiazole rings is 2. The molecule has 2 aromatic heterocycles. The number of methoxy groups -OCH3 is 2. The van der Waals surface area contributed by atoms with E-state index < -0.39 is 23.5 Å². The Morgan fingerprint density at radius 1 is 1.05 bits per heavy atom. The van der Waals surface area contributed by atoms with E-state index in [1.54, 1.807) is 25.1 Å². The minimum atomic E-state index is -0.992. The number of ether oxygens (including phenoxy) is 2. The lowest BCUT2D eigenvalue weighted by Crippen LogP contribution is -2.31. The van der Waals surface area contributed by atoms with Crippen molar-refractivity contribution >= 4 is 49.7 Å². The zero-order valence-corrected chi connectivity index (χ0v) is 22.8. The Labute approximate surface area is 221 Å². The van der Waals surface area contributed by atoms with E-state index in [2.05, 4.69) is 4.98 Å². The number of amides is 1. The highest BCUT2D eigenvalue weighted by Gasteiger charge is 2.48. The highest BCUT2D eigenvalue weighted by molar-refractivity contribution is 7.22. The standard InChI is InChI=1S/C27H25N3O5S2/c1-12-10-13(2)20-18(11-12)37-27(29-20)30-21(16-8-7-9-17(34-5)24(16)35-6)19(23(32)26(30)33)22(31)25-14(3)28-15(4)36-25/h7-11,21,32H,1-6H3. The average molecular weight is 536 g/mol. The Morgan fingerprint density at radius 3 is 2.46 bits per heavy atom. The number of fused-ring (bicyclic) bond motifs is 1. The van der Waals surface area contributed by atoms with Crippen LogP contribution in [-0.2, 0) is 4.79 Å². The fourth-order valence-electron chi connectivity index (χ4n) is 4.78. The van der Waals surface area contributed by atoms with E-state index in [1.807, 2.05) is 32.9 Å². The number of para-hydroxylation sites is 1. The predicted molar refractivity (Wildman–Crippen MR) is 144 cm³/mol. The molecule has 10 heteroatoms. The number of aliphatic hydroxyl groups excluding tert-OH is 1. The lowest BCUT2D eigenvalue weighted by atomic mass is 9.94. The summed E-state index contributed by atoms with van der Waals surface area (Å²) in [6.07, 6.45) is 0. The summed E-state index contributed by atoms with van der Waals surface area (Å²) in [7, 11) is 3.01. The van der Waals surface area contributed by atoms with Crippen molar-refractivity contribution in [2.24, 2.45) is 0 Å². The SMILES string of the molecule is COc1cccc(C2C(C(=O)c3sc(C)nc3C)=C(O)C(=O)N2c2nc3c(C)cc(C)cc3s2)c1OC. The van der Waals surface area contributed by atoms with Gasteiger partial charge in [-0.15, -0.1) is 11.3 Å². The van der Waals surface area contributed by atoms with Crippen LogP contribution >= 0.6 is 22.7 Å². The number of ketones is 1. The van der Waals surface area contributed by atoms with E-state index in [1.165, 1.54) is 41.8 Å². The van der Waals surface area contributed by atoms with E-state index in [0.717, 1.165) is 26.4 Å². The van der Waals surface area contributed by atoms with Crippen molar-refractivity contribution in [1.82, 2.24) is 9.97 Å². The van der Waals surface area contributed by atoms with Crippen LogP contribution in [0.15, 0.2) is 41.7 Å². The molecule has 1 atom stereocenters. The second kappa shape index (κ2) is 9.28. The molecule has 0 aliphatic carbocycles. The first-order chi connectivity index (χ1) is 17.7. The van der Waals surface area contributed by atoms with Crippen molar-refractivity contribution in [3.8, 4) is 11.5 Å². The molecule has 0 fully saturated rings. The number of carbonyl (C=O) groups excluding carboxylic acids is 2. The third-order valence-electron chi connectivity index (χ3n) is 6.32. The molecule has 8 nitrogen and oxygen atoms in total. The number of aromatic nitrogens is 2. The summed E-state index contributed by atoms with van der Waals surface area (Å²) in [4.78, 5) is 38.5. The third kappa shape index (κ3) is 3.96. The molecule has 0 bridgehead atoms. The molecule has 0 radical (unpaired) electrons. The molecule has 0 saturated heterocycles. The number of hydrogen-bond donors (Lipinski definition) is 1. The number of nitrogens with zero attached hydrogens (tertiary/aromatic N) is 3. The fourth-order valence-corrected chi connectivity index (χ4v) is 6.82. The molecule has 1 N–H and O–H groups in total. The molecule has 0 spiro atoms. The molecule has 3 heterocycles. The van der Waals surface area contributed by atoms with Crippen LogP contribution in [0, 0.1) is 27.7 Å². The lowest BCUT2D eigenvalue weighted by Gasteiger charge is -2.26. The van der Waals surface area contributed by atoms with Crippen molar-refractivity contribution in [1.29, 1.82) is 0 Å². The van der Waals surface area contributed by atoms with Crippen LogP contribution in [0.1, 0.15) is 43.1 Å². The number of benzene rings is 2. The van der Waals surface area contributed by atoms with Gasteiger partial charge < -0.3 is 14.6 Å². The molecule has 5 rings (SSSR count). The Hall–Kier alpha value is -3.76. The lowest BCUT2D eigenvalue weighted by molar-refractivity contribution is -0.117. The van der Waals surface area contributed by atoms with Crippen LogP contribution in [-0.4, -0.2) is 41.0 Å². The smallest absolute Gasteiger partial charge is 0.296 e. The number of anilines is 1. The highest BCUT2D eigenvalue weighted by atomic mass is 32.1. The molecular formula is C27H25N3O5S2. The van der Waals surface area contributed by atoms with Gasteiger partial charge in [0.15, 0.2) is 22.4 Å². The summed E-state index contributed by atoms with van der Waals surface area (Å²) in [5.41, 5.74) is 3.81. The molecule has 4 aromatic rings. The zero-order valence-electron chi connectivity index (χ0n) is 21.2. The van der Waals surface area contributed by atoms with Gasteiger partial charge in [0.1, 0.15) is 6.04 Å². The Bertz CT molecular complexity index is 1620. The molecule has 1 unspecified atom stereocenters. The summed E-state index contributed by atoms with van der Waals surface area (Å²) in [6, 6.07) is 8.29. The maximum atomic E-state index is 13.9. The second-order valence-corrected chi connectivity index (χ2v) is 11.0. The molecule has 37 heavy (non-hydrogen) atoms. The minimum Gasteiger partial charge on any atom is -0.503 e.